The van der Waals surface area contributed by atoms with Gasteiger partial charge in [-0.1, -0.05) is 117 Å². The smallest absolute Gasteiger partial charge is 0.359 e. The van der Waals surface area contributed by atoms with Crippen LogP contribution < -0.4 is 15.4 Å². The number of nitrogens with one attached hydrogen (secondary N) is 2. The third-order valence-electron chi connectivity index (χ3n) is 7.96. The predicted molar refractivity (Wildman–Crippen MR) is 197 cm³/mol. The lowest BCUT2D eigenvalue weighted by molar-refractivity contribution is -0.168. The number of benzene rings is 4. The van der Waals surface area contributed by atoms with Gasteiger partial charge in [-0.15, -0.1) is 0 Å². The van der Waals surface area contributed by atoms with Gasteiger partial charge >= 0.3 is 17.9 Å². The molecule has 0 saturated heterocycles. The van der Waals surface area contributed by atoms with E-state index in [0.29, 0.717) is 18.0 Å². The molecule has 0 aliphatic carbocycles. The molecular formula is C42H46N2O9. The van der Waals surface area contributed by atoms with Crippen molar-refractivity contribution in [1.29, 1.82) is 0 Å². The molecule has 2 N–H and O–H groups in total. The fourth-order valence-corrected chi connectivity index (χ4v) is 4.99. The van der Waals surface area contributed by atoms with E-state index in [-0.39, 0.29) is 50.7 Å². The largest absolute Gasteiger partial charge is 0.467 e. The Kier molecular flexibility index (Phi) is 16.1. The van der Waals surface area contributed by atoms with Crippen LogP contribution in [0.5, 0.6) is 5.75 Å². The molecule has 0 aliphatic heterocycles. The second-order valence-electron chi connectivity index (χ2n) is 12.8. The van der Waals surface area contributed by atoms with Gasteiger partial charge in [0, 0.05) is 19.4 Å². The molecule has 11 nitrogen and oxygen atoms in total. The van der Waals surface area contributed by atoms with Gasteiger partial charge in [-0.2, -0.15) is 0 Å². The Bertz CT molecular complexity index is 1690. The summed E-state index contributed by atoms with van der Waals surface area (Å²) in [7, 11) is 0. The second-order valence-corrected chi connectivity index (χ2v) is 12.8. The summed E-state index contributed by atoms with van der Waals surface area (Å²) in [4.78, 5) is 64.6. The zero-order chi connectivity index (χ0) is 37.8. The molecule has 0 heterocycles. The van der Waals surface area contributed by atoms with E-state index in [4.69, 9.17) is 18.9 Å². The van der Waals surface area contributed by atoms with Gasteiger partial charge < -0.3 is 29.6 Å². The summed E-state index contributed by atoms with van der Waals surface area (Å²) in [6.45, 7) is 4.50. The molecule has 0 fully saturated rings. The fourth-order valence-electron chi connectivity index (χ4n) is 4.99. The van der Waals surface area contributed by atoms with Crippen LogP contribution in [0.15, 0.2) is 115 Å². The summed E-state index contributed by atoms with van der Waals surface area (Å²) < 4.78 is 21.9. The monoisotopic (exact) mass is 722 g/mol. The van der Waals surface area contributed by atoms with E-state index < -0.39 is 36.0 Å². The van der Waals surface area contributed by atoms with Crippen LogP contribution in [0, 0.1) is 5.92 Å². The standard InChI is InChI=1S/C42H46N2O9/c1-30(2)24-25-43-40(47)36(44-37(45)22-23-38(46)50-27-32-12-6-3-7-13-32)26-31-18-20-35(21-19-31)53-39(41(48)51-28-33-14-8-4-9-15-33)42(49)52-29-34-16-10-5-11-17-34/h3-21,30,36,39H,22-29H2,1-2H3,(H,43,47)(H,44,45)/t36-/m0/s1. The highest BCUT2D eigenvalue weighted by Gasteiger charge is 2.33. The third-order valence-corrected chi connectivity index (χ3v) is 7.96. The molecule has 4 rings (SSSR count). The fraction of sp³-hybridized carbons (Fsp3) is 0.310. The number of hydrogen-bond acceptors (Lipinski definition) is 9. The lowest BCUT2D eigenvalue weighted by Crippen LogP contribution is -2.48. The van der Waals surface area contributed by atoms with Gasteiger partial charge in [0.25, 0.3) is 6.10 Å². The Labute approximate surface area is 310 Å². The second kappa shape index (κ2) is 21.4. The Morgan fingerprint density at radius 1 is 0.585 bits per heavy atom. The van der Waals surface area contributed by atoms with Crippen molar-refractivity contribution in [2.75, 3.05) is 6.54 Å². The first kappa shape index (κ1) is 39.8. The summed E-state index contributed by atoms with van der Waals surface area (Å²) in [5.74, 6) is -2.65. The molecular weight excluding hydrogens is 676 g/mol. The van der Waals surface area contributed by atoms with Crippen molar-refractivity contribution in [1.82, 2.24) is 10.6 Å². The Morgan fingerprint density at radius 2 is 1.08 bits per heavy atom. The molecule has 4 aromatic rings. The van der Waals surface area contributed by atoms with Crippen LogP contribution in [0.2, 0.25) is 0 Å². The van der Waals surface area contributed by atoms with Crippen molar-refractivity contribution in [3.8, 4) is 5.75 Å². The van der Waals surface area contributed by atoms with Crippen LogP contribution in [0.4, 0.5) is 0 Å². The molecule has 11 heteroatoms. The number of esters is 3. The van der Waals surface area contributed by atoms with Crippen LogP contribution >= 0.6 is 0 Å². The van der Waals surface area contributed by atoms with E-state index in [1.165, 1.54) is 0 Å². The highest BCUT2D eigenvalue weighted by atomic mass is 16.6. The van der Waals surface area contributed by atoms with Crippen LogP contribution in [-0.4, -0.2) is 48.4 Å². The van der Waals surface area contributed by atoms with Crippen molar-refractivity contribution >= 4 is 29.7 Å². The van der Waals surface area contributed by atoms with E-state index in [9.17, 15) is 24.0 Å². The number of carbonyl (C=O) groups excluding carboxylic acids is 5. The molecule has 53 heavy (non-hydrogen) atoms. The van der Waals surface area contributed by atoms with E-state index in [1.54, 1.807) is 48.5 Å². The minimum atomic E-state index is -1.70. The van der Waals surface area contributed by atoms with E-state index in [2.05, 4.69) is 10.6 Å². The molecule has 0 aliphatic rings. The molecule has 0 spiro atoms. The first-order valence-electron chi connectivity index (χ1n) is 17.6. The first-order valence-corrected chi connectivity index (χ1v) is 17.6. The van der Waals surface area contributed by atoms with Gasteiger partial charge in [-0.3, -0.25) is 14.4 Å². The zero-order valence-electron chi connectivity index (χ0n) is 30.0. The predicted octanol–water partition coefficient (Wildman–Crippen LogP) is 5.63. The summed E-state index contributed by atoms with van der Waals surface area (Å²) >= 11 is 0. The Balaban J connectivity index is 1.38. The van der Waals surface area contributed by atoms with Gasteiger partial charge in [-0.05, 0) is 46.7 Å². The summed E-state index contributed by atoms with van der Waals surface area (Å²) in [6, 6.07) is 32.8. The van der Waals surface area contributed by atoms with Gasteiger partial charge in [0.2, 0.25) is 11.8 Å². The highest BCUT2D eigenvalue weighted by Crippen LogP contribution is 2.18. The topological polar surface area (TPSA) is 146 Å². The molecule has 1 atom stereocenters. The van der Waals surface area contributed by atoms with Gasteiger partial charge in [-0.25, -0.2) is 9.59 Å². The van der Waals surface area contributed by atoms with Crippen molar-refractivity contribution in [3.05, 3.63) is 138 Å². The molecule has 4 aromatic carbocycles. The molecule has 0 bridgehead atoms. The van der Waals surface area contributed by atoms with Gasteiger partial charge in [0.05, 0.1) is 6.42 Å². The average molecular weight is 723 g/mol. The van der Waals surface area contributed by atoms with Crippen LogP contribution in [-0.2, 0) is 64.4 Å². The number of rotatable bonds is 20. The number of amides is 2. The minimum Gasteiger partial charge on any atom is -0.467 e. The number of carbonyl (C=O) groups is 5. The lowest BCUT2D eigenvalue weighted by Gasteiger charge is -2.20. The number of ether oxygens (including phenoxy) is 4. The van der Waals surface area contributed by atoms with E-state index in [1.807, 2.05) is 80.6 Å². The van der Waals surface area contributed by atoms with E-state index >= 15 is 0 Å². The highest BCUT2D eigenvalue weighted by molar-refractivity contribution is 5.98. The quantitative estimate of drug-likeness (QED) is 0.0673. The van der Waals surface area contributed by atoms with Crippen LogP contribution in [0.25, 0.3) is 0 Å². The maximum atomic E-state index is 13.2. The molecule has 2 amide bonds. The van der Waals surface area contributed by atoms with Gasteiger partial charge in [0.1, 0.15) is 31.6 Å². The molecule has 0 aromatic heterocycles. The van der Waals surface area contributed by atoms with Crippen molar-refractivity contribution in [2.45, 2.75) is 71.5 Å². The SMILES string of the molecule is CC(C)CCNC(=O)[C@H](Cc1ccc(OC(C(=O)OCc2ccccc2)C(=O)OCc2ccccc2)cc1)NC(=O)CCC(=O)OCc1ccccc1. The normalized spacial score (nSPS) is 11.3. The lowest BCUT2D eigenvalue weighted by atomic mass is 10.0. The van der Waals surface area contributed by atoms with Crippen molar-refractivity contribution < 1.29 is 42.9 Å². The van der Waals surface area contributed by atoms with Crippen molar-refractivity contribution in [3.63, 3.8) is 0 Å². The zero-order valence-corrected chi connectivity index (χ0v) is 30.0. The first-order chi connectivity index (χ1) is 25.7. The minimum absolute atomic E-state index is 0.0638. The van der Waals surface area contributed by atoms with E-state index in [0.717, 1.165) is 23.1 Å². The Hall–Kier alpha value is -5.97. The molecule has 0 saturated carbocycles. The maximum Gasteiger partial charge on any atom is 0.359 e. The van der Waals surface area contributed by atoms with Gasteiger partial charge in [0.15, 0.2) is 0 Å². The third kappa shape index (κ3) is 14.7. The summed E-state index contributed by atoms with van der Waals surface area (Å²) in [5, 5.41) is 5.63. The molecule has 0 radical (unpaired) electrons. The van der Waals surface area contributed by atoms with Crippen LogP contribution in [0.3, 0.4) is 0 Å². The average Bonchev–Trinajstić information content (AvgIpc) is 3.17. The summed E-state index contributed by atoms with van der Waals surface area (Å²) in [5.41, 5.74) is 2.97. The summed E-state index contributed by atoms with van der Waals surface area (Å²) in [6.07, 6.45) is -1.12. The molecule has 0 unspecified atom stereocenters. The maximum absolute atomic E-state index is 13.2. The molecule has 278 valence electrons. The number of hydrogen-bond donors (Lipinski definition) is 2. The Morgan fingerprint density at radius 3 is 1.57 bits per heavy atom. The van der Waals surface area contributed by atoms with Crippen molar-refractivity contribution in [2.24, 2.45) is 5.92 Å². The van der Waals surface area contributed by atoms with Crippen LogP contribution in [0.1, 0.15) is 55.4 Å².